The topological polar surface area (TPSA) is 75.6 Å². The number of carbonyl (C=O) groups excluding carboxylic acids is 1. The fourth-order valence-electron chi connectivity index (χ4n) is 1.93. The predicted molar refractivity (Wildman–Crippen MR) is 82.0 cm³/mol. The molecule has 0 atom stereocenters. The average molecular weight is 364 g/mol. The van der Waals surface area contributed by atoms with Gasteiger partial charge in [-0.05, 0) is 22.0 Å². The van der Waals surface area contributed by atoms with Gasteiger partial charge in [0, 0.05) is 17.8 Å². The van der Waals surface area contributed by atoms with Gasteiger partial charge in [-0.3, -0.25) is 14.6 Å². The van der Waals surface area contributed by atoms with E-state index in [9.17, 15) is 9.18 Å². The van der Waals surface area contributed by atoms with Gasteiger partial charge in [0.1, 0.15) is 11.5 Å². The van der Waals surface area contributed by atoms with Crippen LogP contribution in [0.3, 0.4) is 0 Å². The molecule has 0 unspecified atom stereocenters. The second-order valence-electron chi connectivity index (χ2n) is 4.54. The molecule has 112 valence electrons. The van der Waals surface area contributed by atoms with Crippen LogP contribution in [0.4, 0.5) is 10.2 Å². The standard InChI is InChI=1S/C14H11BrFN5O/c15-10-7-17-19-13(10)14(22)18-12-5-6-21(20-12)8-9-3-1-2-4-11(9)16/h1-7H,8H2,(H,17,19)(H,18,20,22). The van der Waals surface area contributed by atoms with E-state index in [0.717, 1.165) is 0 Å². The van der Waals surface area contributed by atoms with Gasteiger partial charge in [-0.1, -0.05) is 18.2 Å². The number of H-pyrrole nitrogens is 1. The summed E-state index contributed by atoms with van der Waals surface area (Å²) in [5.41, 5.74) is 0.837. The maximum absolute atomic E-state index is 13.6. The Hall–Kier alpha value is -2.48. The summed E-state index contributed by atoms with van der Waals surface area (Å²) in [4.78, 5) is 12.0. The summed E-state index contributed by atoms with van der Waals surface area (Å²) in [5.74, 6) is -0.270. The second-order valence-corrected chi connectivity index (χ2v) is 5.39. The van der Waals surface area contributed by atoms with Crippen LogP contribution in [0.15, 0.2) is 47.2 Å². The lowest BCUT2D eigenvalue weighted by Crippen LogP contribution is -2.14. The first kappa shape index (κ1) is 14.5. The molecule has 22 heavy (non-hydrogen) atoms. The fourth-order valence-corrected chi connectivity index (χ4v) is 2.30. The number of benzene rings is 1. The van der Waals surface area contributed by atoms with E-state index < -0.39 is 0 Å². The Labute approximate surface area is 133 Å². The highest BCUT2D eigenvalue weighted by molar-refractivity contribution is 9.10. The fraction of sp³-hybridized carbons (Fsp3) is 0.0714. The highest BCUT2D eigenvalue weighted by atomic mass is 79.9. The zero-order valence-electron chi connectivity index (χ0n) is 11.3. The van der Waals surface area contributed by atoms with Gasteiger partial charge in [0.15, 0.2) is 5.82 Å². The van der Waals surface area contributed by atoms with E-state index in [4.69, 9.17) is 0 Å². The zero-order chi connectivity index (χ0) is 15.5. The van der Waals surface area contributed by atoms with E-state index in [-0.39, 0.29) is 18.3 Å². The molecule has 0 fully saturated rings. The lowest BCUT2D eigenvalue weighted by Gasteiger charge is -2.03. The third kappa shape index (κ3) is 3.06. The molecular formula is C14H11BrFN5O. The molecule has 3 rings (SSSR count). The minimum atomic E-state index is -0.361. The van der Waals surface area contributed by atoms with E-state index >= 15 is 0 Å². The lowest BCUT2D eigenvalue weighted by atomic mass is 10.2. The average Bonchev–Trinajstić information content (AvgIpc) is 3.10. The number of nitrogens with one attached hydrogen (secondary N) is 2. The molecule has 3 aromatic rings. The first-order valence-electron chi connectivity index (χ1n) is 6.40. The van der Waals surface area contributed by atoms with E-state index in [1.807, 2.05) is 0 Å². The number of aromatic nitrogens is 4. The van der Waals surface area contributed by atoms with E-state index in [2.05, 4.69) is 36.5 Å². The van der Waals surface area contributed by atoms with Crippen molar-refractivity contribution >= 4 is 27.7 Å². The summed E-state index contributed by atoms with van der Waals surface area (Å²) >= 11 is 3.22. The third-order valence-corrected chi connectivity index (χ3v) is 3.59. The molecule has 0 aliphatic heterocycles. The number of rotatable bonds is 4. The van der Waals surface area contributed by atoms with Crippen molar-refractivity contribution in [2.75, 3.05) is 5.32 Å². The lowest BCUT2D eigenvalue weighted by molar-refractivity contribution is 0.102. The Bertz CT molecular complexity index is 813. The van der Waals surface area contributed by atoms with E-state index in [1.54, 1.807) is 35.1 Å². The Morgan fingerprint density at radius 2 is 2.18 bits per heavy atom. The van der Waals surface area contributed by atoms with Crippen molar-refractivity contribution in [3.63, 3.8) is 0 Å². The maximum atomic E-state index is 13.6. The Morgan fingerprint density at radius 1 is 1.36 bits per heavy atom. The van der Waals surface area contributed by atoms with Crippen LogP contribution in [0.5, 0.6) is 0 Å². The van der Waals surface area contributed by atoms with Crippen LogP contribution < -0.4 is 5.32 Å². The van der Waals surface area contributed by atoms with Crippen LogP contribution in [0.2, 0.25) is 0 Å². The van der Waals surface area contributed by atoms with Crippen LogP contribution in [-0.2, 0) is 6.54 Å². The molecule has 2 heterocycles. The molecule has 2 aromatic heterocycles. The van der Waals surface area contributed by atoms with Gasteiger partial charge in [-0.25, -0.2) is 4.39 Å². The molecule has 0 spiro atoms. The van der Waals surface area contributed by atoms with Crippen LogP contribution >= 0.6 is 15.9 Å². The van der Waals surface area contributed by atoms with Crippen molar-refractivity contribution in [1.29, 1.82) is 0 Å². The van der Waals surface area contributed by atoms with Gasteiger partial charge < -0.3 is 5.32 Å². The van der Waals surface area contributed by atoms with Crippen molar-refractivity contribution < 1.29 is 9.18 Å². The highest BCUT2D eigenvalue weighted by Gasteiger charge is 2.13. The molecule has 0 radical (unpaired) electrons. The first-order valence-corrected chi connectivity index (χ1v) is 7.20. The van der Waals surface area contributed by atoms with Crippen molar-refractivity contribution in [3.8, 4) is 0 Å². The van der Waals surface area contributed by atoms with Gasteiger partial charge in [-0.15, -0.1) is 0 Å². The Morgan fingerprint density at radius 3 is 2.91 bits per heavy atom. The monoisotopic (exact) mass is 363 g/mol. The number of aromatic amines is 1. The molecule has 1 aromatic carbocycles. The number of hydrogen-bond donors (Lipinski definition) is 2. The molecule has 1 amide bonds. The molecule has 2 N–H and O–H groups in total. The normalized spacial score (nSPS) is 10.6. The van der Waals surface area contributed by atoms with Crippen LogP contribution in [-0.4, -0.2) is 25.9 Å². The minimum absolute atomic E-state index is 0.287. The molecule has 0 aliphatic rings. The van der Waals surface area contributed by atoms with Gasteiger partial charge in [-0.2, -0.15) is 10.2 Å². The van der Waals surface area contributed by atoms with E-state index in [0.29, 0.717) is 21.5 Å². The van der Waals surface area contributed by atoms with Crippen LogP contribution in [0.1, 0.15) is 16.1 Å². The number of halogens is 2. The zero-order valence-corrected chi connectivity index (χ0v) is 12.8. The number of nitrogens with zero attached hydrogens (tertiary/aromatic N) is 3. The predicted octanol–water partition coefficient (Wildman–Crippen LogP) is 2.81. The molecular weight excluding hydrogens is 353 g/mol. The minimum Gasteiger partial charge on any atom is -0.304 e. The van der Waals surface area contributed by atoms with Gasteiger partial charge in [0.2, 0.25) is 0 Å². The smallest absolute Gasteiger partial charge is 0.276 e. The molecule has 0 saturated heterocycles. The van der Waals surface area contributed by atoms with Crippen molar-refractivity contribution in [1.82, 2.24) is 20.0 Å². The Balaban J connectivity index is 1.70. The highest BCUT2D eigenvalue weighted by Crippen LogP contribution is 2.15. The van der Waals surface area contributed by atoms with Crippen LogP contribution in [0, 0.1) is 5.82 Å². The van der Waals surface area contributed by atoms with Crippen molar-refractivity contribution in [2.24, 2.45) is 0 Å². The Kier molecular flexibility index (Phi) is 4.01. The summed E-state index contributed by atoms with van der Waals surface area (Å²) in [5, 5.41) is 13.2. The second kappa shape index (κ2) is 6.10. The van der Waals surface area contributed by atoms with E-state index in [1.165, 1.54) is 12.3 Å². The van der Waals surface area contributed by atoms with Crippen molar-refractivity contribution in [3.05, 3.63) is 64.3 Å². The molecule has 6 nitrogen and oxygen atoms in total. The molecule has 0 aliphatic carbocycles. The summed E-state index contributed by atoms with van der Waals surface area (Å²) in [6.45, 7) is 0.288. The quantitative estimate of drug-likeness (QED) is 0.748. The molecule has 0 bridgehead atoms. The third-order valence-electron chi connectivity index (χ3n) is 2.99. The largest absolute Gasteiger partial charge is 0.304 e. The number of anilines is 1. The summed E-state index contributed by atoms with van der Waals surface area (Å²) < 4.78 is 15.7. The number of amides is 1. The summed E-state index contributed by atoms with van der Waals surface area (Å²) in [6.07, 6.45) is 3.16. The van der Waals surface area contributed by atoms with Crippen molar-refractivity contribution in [2.45, 2.75) is 6.54 Å². The molecule has 8 heteroatoms. The number of hydrogen-bond acceptors (Lipinski definition) is 3. The number of carbonyl (C=O) groups is 1. The van der Waals surface area contributed by atoms with Crippen LogP contribution in [0.25, 0.3) is 0 Å². The van der Waals surface area contributed by atoms with Gasteiger partial charge >= 0.3 is 0 Å². The molecule has 0 saturated carbocycles. The summed E-state index contributed by atoms with van der Waals surface area (Å²) in [6, 6.07) is 8.13. The first-order chi connectivity index (χ1) is 10.6. The SMILES string of the molecule is O=C(Nc1ccn(Cc2ccccc2F)n1)c1[nH]ncc1Br. The van der Waals surface area contributed by atoms with Gasteiger partial charge in [0.25, 0.3) is 5.91 Å². The van der Waals surface area contributed by atoms with Gasteiger partial charge in [0.05, 0.1) is 17.2 Å². The maximum Gasteiger partial charge on any atom is 0.276 e. The summed E-state index contributed by atoms with van der Waals surface area (Å²) in [7, 11) is 0.